The zero-order valence-electron chi connectivity index (χ0n) is 22.3. The molecular weight excluding hydrogens is 552 g/mol. The SMILES string of the molecule is COc1ccc(C(OC)C(=O)N2CCCC2C(=O)Nc2nc(-c3ccc(Cl)s3)cn2-c2ccccc2)cc1OC. The number of rotatable bonds is 9. The maximum Gasteiger partial charge on any atom is 0.257 e. The molecule has 11 heteroatoms. The van der Waals surface area contributed by atoms with Crippen LogP contribution in [0.3, 0.4) is 0 Å². The number of nitrogens with one attached hydrogen (secondary N) is 1. The average molecular weight is 581 g/mol. The van der Waals surface area contributed by atoms with Gasteiger partial charge in [-0.1, -0.05) is 35.9 Å². The van der Waals surface area contributed by atoms with Gasteiger partial charge in [-0.2, -0.15) is 0 Å². The number of nitrogens with zero attached hydrogens (tertiary/aromatic N) is 3. The van der Waals surface area contributed by atoms with E-state index in [0.717, 1.165) is 10.6 Å². The molecule has 208 valence electrons. The molecule has 0 saturated carbocycles. The van der Waals surface area contributed by atoms with Crippen molar-refractivity contribution in [2.24, 2.45) is 0 Å². The molecule has 1 aliphatic rings. The lowest BCUT2D eigenvalue weighted by Crippen LogP contribution is -2.45. The number of methoxy groups -OCH3 is 3. The van der Waals surface area contributed by atoms with Crippen molar-refractivity contribution in [1.29, 1.82) is 0 Å². The highest BCUT2D eigenvalue weighted by Gasteiger charge is 2.38. The highest BCUT2D eigenvalue weighted by atomic mass is 35.5. The molecule has 1 fully saturated rings. The van der Waals surface area contributed by atoms with E-state index in [0.29, 0.717) is 52.4 Å². The Bertz CT molecular complexity index is 1510. The van der Waals surface area contributed by atoms with E-state index in [1.54, 1.807) is 30.2 Å². The van der Waals surface area contributed by atoms with Gasteiger partial charge in [0.15, 0.2) is 17.6 Å². The Morgan fingerprint density at radius 2 is 1.82 bits per heavy atom. The summed E-state index contributed by atoms with van der Waals surface area (Å²) in [6.07, 6.45) is 2.18. The van der Waals surface area contributed by atoms with Crippen LogP contribution < -0.4 is 14.8 Å². The lowest BCUT2D eigenvalue weighted by Gasteiger charge is -2.28. The normalized spacial score (nSPS) is 15.6. The van der Waals surface area contributed by atoms with Crippen molar-refractivity contribution in [3.8, 4) is 27.8 Å². The topological polar surface area (TPSA) is 94.9 Å². The van der Waals surface area contributed by atoms with Crippen molar-refractivity contribution in [2.45, 2.75) is 25.0 Å². The molecule has 2 atom stereocenters. The molecule has 2 unspecified atom stereocenters. The minimum atomic E-state index is -0.908. The van der Waals surface area contributed by atoms with Crippen molar-refractivity contribution >= 4 is 40.7 Å². The number of likely N-dealkylation sites (tertiary alicyclic amines) is 1. The summed E-state index contributed by atoms with van der Waals surface area (Å²) in [5, 5.41) is 2.98. The minimum Gasteiger partial charge on any atom is -0.493 e. The molecule has 2 aromatic carbocycles. The molecular formula is C29H29ClN4O5S. The smallest absolute Gasteiger partial charge is 0.257 e. The molecule has 1 saturated heterocycles. The van der Waals surface area contributed by atoms with E-state index in [4.69, 9.17) is 30.8 Å². The number of thiophene rings is 1. The molecule has 2 aromatic heterocycles. The summed E-state index contributed by atoms with van der Waals surface area (Å²) in [7, 11) is 4.55. The van der Waals surface area contributed by atoms with Crippen LogP contribution in [0.4, 0.5) is 5.95 Å². The summed E-state index contributed by atoms with van der Waals surface area (Å²) in [5.41, 5.74) is 2.13. The van der Waals surface area contributed by atoms with E-state index in [-0.39, 0.29) is 11.8 Å². The van der Waals surface area contributed by atoms with Crippen LogP contribution in [0.5, 0.6) is 11.5 Å². The van der Waals surface area contributed by atoms with Crippen LogP contribution in [-0.2, 0) is 14.3 Å². The Hall–Kier alpha value is -3.86. The minimum absolute atomic E-state index is 0.298. The van der Waals surface area contributed by atoms with Crippen LogP contribution >= 0.6 is 22.9 Å². The summed E-state index contributed by atoms with van der Waals surface area (Å²) in [6, 6.07) is 17.8. The van der Waals surface area contributed by atoms with Gasteiger partial charge in [0.05, 0.1) is 23.4 Å². The van der Waals surface area contributed by atoms with Gasteiger partial charge in [0, 0.05) is 25.5 Å². The summed E-state index contributed by atoms with van der Waals surface area (Å²) < 4.78 is 18.8. The second-order valence-corrected chi connectivity index (χ2v) is 10.9. The van der Waals surface area contributed by atoms with Gasteiger partial charge in [-0.3, -0.25) is 19.5 Å². The maximum absolute atomic E-state index is 13.7. The molecule has 40 heavy (non-hydrogen) atoms. The molecule has 1 aliphatic heterocycles. The van der Waals surface area contributed by atoms with Crippen LogP contribution in [0, 0.1) is 0 Å². The number of benzene rings is 2. The Morgan fingerprint density at radius 3 is 2.50 bits per heavy atom. The number of carbonyl (C=O) groups is 2. The fourth-order valence-corrected chi connectivity index (χ4v) is 5.86. The third-order valence-corrected chi connectivity index (χ3v) is 8.06. The number of aromatic nitrogens is 2. The summed E-state index contributed by atoms with van der Waals surface area (Å²) in [5.74, 6) is 0.781. The third-order valence-electron chi connectivity index (χ3n) is 6.81. The standard InChI is InChI=1S/C29H29ClN4O5S/c1-37-22-12-11-18(16-23(22)38-2)26(39-3)28(36)33-15-7-10-21(33)27(35)32-29-31-20(24-13-14-25(30)40-24)17-34(29)19-8-5-4-6-9-19/h4-6,8-9,11-14,16-17,21,26H,7,10,15H2,1-3H3,(H,31,32,35). The zero-order chi connectivity index (χ0) is 28.2. The van der Waals surface area contributed by atoms with E-state index in [1.165, 1.54) is 25.6 Å². The van der Waals surface area contributed by atoms with Gasteiger partial charge in [-0.05, 0) is 54.8 Å². The summed E-state index contributed by atoms with van der Waals surface area (Å²) in [6.45, 7) is 0.441. The fourth-order valence-electron chi connectivity index (χ4n) is 4.87. The van der Waals surface area contributed by atoms with Gasteiger partial charge < -0.3 is 19.1 Å². The molecule has 1 N–H and O–H groups in total. The number of halogens is 1. The molecule has 0 radical (unpaired) electrons. The third kappa shape index (κ3) is 5.56. The molecule has 9 nitrogen and oxygen atoms in total. The molecule has 2 amide bonds. The van der Waals surface area contributed by atoms with Crippen LogP contribution in [0.1, 0.15) is 24.5 Å². The fraction of sp³-hybridized carbons (Fsp3) is 0.276. The van der Waals surface area contributed by atoms with Crippen molar-refractivity contribution in [2.75, 3.05) is 33.2 Å². The van der Waals surface area contributed by atoms with E-state index in [1.807, 2.05) is 53.2 Å². The van der Waals surface area contributed by atoms with Gasteiger partial charge >= 0.3 is 0 Å². The summed E-state index contributed by atoms with van der Waals surface area (Å²) >= 11 is 7.57. The Morgan fingerprint density at radius 1 is 1.05 bits per heavy atom. The number of hydrogen-bond donors (Lipinski definition) is 1. The van der Waals surface area contributed by atoms with Crippen LogP contribution in [-0.4, -0.2) is 60.2 Å². The van der Waals surface area contributed by atoms with Crippen LogP contribution in [0.25, 0.3) is 16.3 Å². The number of imidazole rings is 1. The molecule has 3 heterocycles. The number of amides is 2. The first-order valence-corrected chi connectivity index (χ1v) is 13.9. The average Bonchev–Trinajstić information content (AvgIpc) is 3.73. The largest absolute Gasteiger partial charge is 0.493 e. The van der Waals surface area contributed by atoms with Gasteiger partial charge in [-0.25, -0.2) is 4.98 Å². The first-order valence-electron chi connectivity index (χ1n) is 12.7. The van der Waals surface area contributed by atoms with Crippen molar-refractivity contribution in [3.63, 3.8) is 0 Å². The van der Waals surface area contributed by atoms with E-state index in [9.17, 15) is 9.59 Å². The van der Waals surface area contributed by atoms with E-state index >= 15 is 0 Å². The predicted octanol–water partition coefficient (Wildman–Crippen LogP) is 5.59. The van der Waals surface area contributed by atoms with Crippen molar-refractivity contribution in [1.82, 2.24) is 14.5 Å². The zero-order valence-corrected chi connectivity index (χ0v) is 23.9. The highest BCUT2D eigenvalue weighted by molar-refractivity contribution is 7.19. The van der Waals surface area contributed by atoms with E-state index in [2.05, 4.69) is 5.32 Å². The quantitative estimate of drug-likeness (QED) is 0.277. The van der Waals surface area contributed by atoms with Crippen LogP contribution in [0.15, 0.2) is 66.9 Å². The monoisotopic (exact) mass is 580 g/mol. The first-order chi connectivity index (χ1) is 19.4. The number of carbonyl (C=O) groups excluding carboxylic acids is 2. The number of para-hydroxylation sites is 1. The van der Waals surface area contributed by atoms with Gasteiger partial charge in [0.2, 0.25) is 11.9 Å². The number of anilines is 1. The van der Waals surface area contributed by atoms with Crippen LogP contribution in [0.2, 0.25) is 4.34 Å². The molecule has 5 rings (SSSR count). The lowest BCUT2D eigenvalue weighted by atomic mass is 10.1. The molecule has 0 spiro atoms. The Labute approximate surface area is 241 Å². The van der Waals surface area contributed by atoms with Gasteiger partial charge in [-0.15, -0.1) is 11.3 Å². The Kier molecular flexibility index (Phi) is 8.39. The first kappa shape index (κ1) is 27.7. The highest BCUT2D eigenvalue weighted by Crippen LogP contribution is 2.34. The number of ether oxygens (including phenoxy) is 3. The summed E-state index contributed by atoms with van der Waals surface area (Å²) in [4.78, 5) is 34.5. The Balaban J connectivity index is 1.40. The molecule has 0 aliphatic carbocycles. The van der Waals surface area contributed by atoms with Gasteiger partial charge in [0.25, 0.3) is 5.91 Å². The van der Waals surface area contributed by atoms with Crippen molar-refractivity contribution < 1.29 is 23.8 Å². The number of hydrogen-bond acceptors (Lipinski definition) is 7. The second-order valence-electron chi connectivity index (χ2n) is 9.17. The predicted molar refractivity (Wildman–Crippen MR) is 155 cm³/mol. The van der Waals surface area contributed by atoms with E-state index < -0.39 is 12.1 Å². The lowest BCUT2D eigenvalue weighted by molar-refractivity contribution is -0.146. The molecule has 0 bridgehead atoms. The van der Waals surface area contributed by atoms with Gasteiger partial charge in [0.1, 0.15) is 11.7 Å². The molecule has 4 aromatic rings. The second kappa shape index (κ2) is 12.1. The maximum atomic E-state index is 13.7. The van der Waals surface area contributed by atoms with Crippen molar-refractivity contribution in [3.05, 3.63) is 76.8 Å².